The van der Waals surface area contributed by atoms with Crippen LogP contribution in [0.1, 0.15) is 13.3 Å². The molecule has 1 atom stereocenters. The molecular weight excluding hydrogens is 272 g/mol. The van der Waals surface area contributed by atoms with Gasteiger partial charge in [-0.05, 0) is 29.3 Å². The summed E-state index contributed by atoms with van der Waals surface area (Å²) >= 11 is 3.34. The number of fused-ring (bicyclic) bond motifs is 1. The van der Waals surface area contributed by atoms with Gasteiger partial charge in [0.1, 0.15) is 4.60 Å². The minimum Gasteiger partial charge on any atom is -0.393 e. The average Bonchev–Trinajstić information content (AvgIpc) is 2.64. The Kier molecular flexibility index (Phi) is 3.40. The van der Waals surface area contributed by atoms with Gasteiger partial charge in [0.15, 0.2) is 11.5 Å². The van der Waals surface area contributed by atoms with Crippen molar-refractivity contribution >= 4 is 27.4 Å². The minimum absolute atomic E-state index is 0.310. The first-order valence-corrected chi connectivity index (χ1v) is 5.87. The van der Waals surface area contributed by atoms with Crippen LogP contribution in [-0.4, -0.2) is 32.1 Å². The Hall–Kier alpha value is -1.14. The molecule has 0 aromatic carbocycles. The van der Waals surface area contributed by atoms with Gasteiger partial charge in [-0.15, -0.1) is 0 Å². The molecule has 0 spiro atoms. The third-order valence-electron chi connectivity index (χ3n) is 2.20. The van der Waals surface area contributed by atoms with E-state index in [0.717, 1.165) is 16.1 Å². The van der Waals surface area contributed by atoms with Crippen molar-refractivity contribution in [3.05, 3.63) is 23.2 Å². The number of aliphatic hydroxyl groups is 1. The zero-order chi connectivity index (χ0) is 11.5. The van der Waals surface area contributed by atoms with E-state index < -0.39 is 0 Å². The number of halogens is 1. The summed E-state index contributed by atoms with van der Waals surface area (Å²) in [4.78, 5) is 8.52. The summed E-state index contributed by atoms with van der Waals surface area (Å²) in [6, 6.07) is 0. The second-order valence-corrected chi connectivity index (χ2v) is 4.45. The lowest BCUT2D eigenvalue weighted by molar-refractivity contribution is 0.188. The minimum atomic E-state index is -0.310. The van der Waals surface area contributed by atoms with E-state index >= 15 is 0 Å². The Morgan fingerprint density at radius 2 is 2.44 bits per heavy atom. The highest BCUT2D eigenvalue weighted by Gasteiger charge is 2.05. The topological polar surface area (TPSA) is 62.5 Å². The van der Waals surface area contributed by atoms with Crippen LogP contribution in [0.3, 0.4) is 0 Å². The van der Waals surface area contributed by atoms with Gasteiger partial charge < -0.3 is 14.8 Å². The summed E-state index contributed by atoms with van der Waals surface area (Å²) in [6.45, 7) is 2.44. The molecule has 0 radical (unpaired) electrons. The summed E-state index contributed by atoms with van der Waals surface area (Å²) in [6.07, 6.45) is 5.81. The summed E-state index contributed by atoms with van der Waals surface area (Å²) in [5.41, 5.74) is 0.786. The lowest BCUT2D eigenvalue weighted by Gasteiger charge is -2.08. The van der Waals surface area contributed by atoms with Gasteiger partial charge in [-0.1, -0.05) is 0 Å². The van der Waals surface area contributed by atoms with Crippen LogP contribution in [0.15, 0.2) is 23.2 Å². The van der Waals surface area contributed by atoms with Crippen molar-refractivity contribution in [3.63, 3.8) is 0 Å². The van der Waals surface area contributed by atoms with E-state index in [1.165, 1.54) is 0 Å². The molecule has 2 aromatic rings. The van der Waals surface area contributed by atoms with E-state index in [2.05, 4.69) is 31.2 Å². The number of aromatic nitrogens is 3. The van der Waals surface area contributed by atoms with Crippen LogP contribution in [0, 0.1) is 0 Å². The number of nitrogens with one attached hydrogen (secondary N) is 1. The number of nitrogens with zero attached hydrogens (tertiary/aromatic N) is 3. The smallest absolute Gasteiger partial charge is 0.180 e. The van der Waals surface area contributed by atoms with Crippen molar-refractivity contribution < 1.29 is 5.11 Å². The van der Waals surface area contributed by atoms with Crippen LogP contribution in [0.5, 0.6) is 0 Å². The number of aliphatic hydroxyl groups excluding tert-OH is 1. The lowest BCUT2D eigenvalue weighted by atomic mass is 10.3. The third kappa shape index (κ3) is 2.51. The van der Waals surface area contributed by atoms with Gasteiger partial charge in [0, 0.05) is 25.1 Å². The number of hydrogen-bond donors (Lipinski definition) is 2. The van der Waals surface area contributed by atoms with Gasteiger partial charge in [0.2, 0.25) is 0 Å². The molecule has 5 nitrogen and oxygen atoms in total. The molecule has 0 aliphatic rings. The molecule has 6 heteroatoms. The zero-order valence-electron chi connectivity index (χ0n) is 8.89. The standard InChI is InChI=1S/C10H13BrN4O/c1-7(16)2-3-12-9-10-13-4-5-15(10)6-8(11)14-9/h4-7,16H,2-3H2,1H3,(H,12,14). The summed E-state index contributed by atoms with van der Waals surface area (Å²) < 4.78 is 2.64. The Bertz CT molecular complexity index is 483. The lowest BCUT2D eigenvalue weighted by Crippen LogP contribution is -2.11. The van der Waals surface area contributed by atoms with Crippen molar-refractivity contribution in [1.29, 1.82) is 0 Å². The van der Waals surface area contributed by atoms with Crippen LogP contribution in [0.4, 0.5) is 5.82 Å². The zero-order valence-corrected chi connectivity index (χ0v) is 10.5. The molecule has 1 unspecified atom stereocenters. The van der Waals surface area contributed by atoms with E-state index in [4.69, 9.17) is 5.11 Å². The quantitative estimate of drug-likeness (QED) is 0.897. The summed E-state index contributed by atoms with van der Waals surface area (Å²) in [5, 5.41) is 12.3. The van der Waals surface area contributed by atoms with Crippen molar-refractivity contribution in [2.75, 3.05) is 11.9 Å². The highest BCUT2D eigenvalue weighted by atomic mass is 79.9. The first-order chi connectivity index (χ1) is 7.66. The van der Waals surface area contributed by atoms with Gasteiger partial charge in [-0.2, -0.15) is 0 Å². The summed E-state index contributed by atoms with van der Waals surface area (Å²) in [5.74, 6) is 0.722. The molecular formula is C10H13BrN4O. The molecule has 2 N–H and O–H groups in total. The predicted molar refractivity (Wildman–Crippen MR) is 65.5 cm³/mol. The fraction of sp³-hybridized carbons (Fsp3) is 0.400. The van der Waals surface area contributed by atoms with Gasteiger partial charge in [0.05, 0.1) is 6.10 Å². The molecule has 0 fully saturated rings. The molecule has 0 saturated heterocycles. The maximum atomic E-state index is 9.17. The molecule has 0 aliphatic carbocycles. The second kappa shape index (κ2) is 4.80. The normalized spacial score (nSPS) is 12.9. The maximum absolute atomic E-state index is 9.17. The van der Waals surface area contributed by atoms with Crippen molar-refractivity contribution in [2.24, 2.45) is 0 Å². The molecule has 0 saturated carbocycles. The van der Waals surface area contributed by atoms with Crippen molar-refractivity contribution in [2.45, 2.75) is 19.4 Å². The molecule has 16 heavy (non-hydrogen) atoms. The number of hydrogen-bond acceptors (Lipinski definition) is 4. The molecule has 2 rings (SSSR count). The van der Waals surface area contributed by atoms with Crippen LogP contribution in [-0.2, 0) is 0 Å². The van der Waals surface area contributed by atoms with Crippen LogP contribution < -0.4 is 5.32 Å². The molecule has 0 amide bonds. The Morgan fingerprint density at radius 1 is 1.62 bits per heavy atom. The van der Waals surface area contributed by atoms with Crippen molar-refractivity contribution in [1.82, 2.24) is 14.4 Å². The van der Waals surface area contributed by atoms with Crippen LogP contribution >= 0.6 is 15.9 Å². The fourth-order valence-electron chi connectivity index (χ4n) is 1.42. The summed E-state index contributed by atoms with van der Waals surface area (Å²) in [7, 11) is 0. The molecule has 0 aliphatic heterocycles. The van der Waals surface area contributed by atoms with E-state index in [1.54, 1.807) is 13.1 Å². The maximum Gasteiger partial charge on any atom is 0.180 e. The predicted octanol–water partition coefficient (Wildman–Crippen LogP) is 1.67. The largest absolute Gasteiger partial charge is 0.393 e. The first-order valence-electron chi connectivity index (χ1n) is 5.08. The van der Waals surface area contributed by atoms with E-state index in [9.17, 15) is 0 Å². The van der Waals surface area contributed by atoms with Crippen LogP contribution in [0.25, 0.3) is 5.65 Å². The van der Waals surface area contributed by atoms with E-state index in [-0.39, 0.29) is 6.10 Å². The van der Waals surface area contributed by atoms with Gasteiger partial charge in [-0.25, -0.2) is 9.97 Å². The van der Waals surface area contributed by atoms with Gasteiger partial charge >= 0.3 is 0 Å². The molecule has 86 valence electrons. The highest BCUT2D eigenvalue weighted by Crippen LogP contribution is 2.16. The fourth-order valence-corrected chi connectivity index (χ4v) is 1.82. The SMILES string of the molecule is CC(O)CCNc1nc(Br)cn2ccnc12. The third-order valence-corrected chi connectivity index (χ3v) is 2.58. The Balaban J connectivity index is 2.19. The van der Waals surface area contributed by atoms with Gasteiger partial charge in [0.25, 0.3) is 0 Å². The molecule has 0 bridgehead atoms. The first kappa shape index (κ1) is 11.3. The number of rotatable bonds is 4. The molecule has 2 aromatic heterocycles. The average molecular weight is 285 g/mol. The van der Waals surface area contributed by atoms with Gasteiger partial charge in [-0.3, -0.25) is 0 Å². The Morgan fingerprint density at radius 3 is 3.19 bits per heavy atom. The second-order valence-electron chi connectivity index (χ2n) is 3.63. The van der Waals surface area contributed by atoms with Crippen molar-refractivity contribution in [3.8, 4) is 0 Å². The Labute approximate surface area is 102 Å². The highest BCUT2D eigenvalue weighted by molar-refractivity contribution is 9.10. The molecule has 2 heterocycles. The number of imidazole rings is 1. The van der Waals surface area contributed by atoms with Crippen LogP contribution in [0.2, 0.25) is 0 Å². The van der Waals surface area contributed by atoms with E-state index in [1.807, 2.05) is 16.8 Å². The number of anilines is 1. The van der Waals surface area contributed by atoms with E-state index in [0.29, 0.717) is 13.0 Å². The monoisotopic (exact) mass is 284 g/mol.